The smallest absolute Gasteiger partial charge is 0.323 e. The molecule has 5 atom stereocenters. The predicted octanol–water partition coefficient (Wildman–Crippen LogP) is 3.95. The summed E-state index contributed by atoms with van der Waals surface area (Å²) >= 11 is 5.71. The second-order valence-corrected chi connectivity index (χ2v) is 13.3. The molecule has 4 rings (SSSR count). The Morgan fingerprint density at radius 3 is 2.67 bits per heavy atom. The van der Waals surface area contributed by atoms with E-state index < -0.39 is 37.3 Å². The van der Waals surface area contributed by atoms with Crippen molar-refractivity contribution >= 4 is 47.3 Å². The van der Waals surface area contributed by atoms with Gasteiger partial charge in [0.05, 0.1) is 12.4 Å². The summed E-state index contributed by atoms with van der Waals surface area (Å²) < 4.78 is 40.9. The fraction of sp³-hybridized carbons (Fsp3) is 0.520. The number of para-hydroxylation sites is 1. The molecule has 1 fully saturated rings. The van der Waals surface area contributed by atoms with Crippen LogP contribution in [0, 0.1) is 5.92 Å². The molecule has 1 aromatic carbocycles. The largest absolute Gasteiger partial charge is 0.462 e. The molecule has 1 aliphatic rings. The Morgan fingerprint density at radius 1 is 1.32 bits per heavy atom. The van der Waals surface area contributed by atoms with Gasteiger partial charge in [-0.1, -0.05) is 25.1 Å². The molecule has 1 saturated heterocycles. The molecule has 0 bridgehead atoms. The number of ether oxygens (including phenoxy) is 2. The molecule has 0 unspecified atom stereocenters. The van der Waals surface area contributed by atoms with Crippen molar-refractivity contribution in [2.45, 2.75) is 58.3 Å². The van der Waals surface area contributed by atoms with Crippen molar-refractivity contribution in [3.8, 4) is 5.75 Å². The van der Waals surface area contributed by atoms with Gasteiger partial charge in [0, 0.05) is 26.4 Å². The van der Waals surface area contributed by atoms with Crippen LogP contribution in [-0.2, 0) is 30.6 Å². The molecule has 3 aromatic rings. The van der Waals surface area contributed by atoms with Gasteiger partial charge in [-0.15, -0.1) is 0 Å². The van der Waals surface area contributed by atoms with Gasteiger partial charge in [0.15, 0.2) is 17.0 Å². The third-order valence-electron chi connectivity index (χ3n) is 6.04. The van der Waals surface area contributed by atoms with Crippen LogP contribution in [0.3, 0.4) is 0 Å². The fourth-order valence-corrected chi connectivity index (χ4v) is 6.73. The quantitative estimate of drug-likeness (QED) is 0.245. The zero-order chi connectivity index (χ0) is 29.2. The van der Waals surface area contributed by atoms with Gasteiger partial charge in [-0.3, -0.25) is 9.36 Å². The maximum Gasteiger partial charge on any atom is 0.323 e. The van der Waals surface area contributed by atoms with Gasteiger partial charge in [-0.25, -0.2) is 14.5 Å². The molecular weight excluding hydrogens is 560 g/mol. The normalized spacial score (nSPS) is 23.2. The molecule has 0 radical (unpaired) electrons. The van der Waals surface area contributed by atoms with Crippen LogP contribution in [0.5, 0.6) is 5.75 Å². The molecule has 3 heterocycles. The van der Waals surface area contributed by atoms with Crippen LogP contribution in [0.2, 0.25) is 0 Å². The van der Waals surface area contributed by atoms with Crippen LogP contribution in [-0.4, -0.2) is 64.2 Å². The summed E-state index contributed by atoms with van der Waals surface area (Å²) in [5.41, 5.74) is 6.88. The maximum atomic E-state index is 16.2. The van der Waals surface area contributed by atoms with Gasteiger partial charge in [-0.2, -0.15) is 9.97 Å². The van der Waals surface area contributed by atoms with E-state index in [4.69, 9.17) is 36.1 Å². The number of nitrogens with one attached hydrogen (secondary N) is 1. The lowest BCUT2D eigenvalue weighted by Gasteiger charge is -2.29. The van der Waals surface area contributed by atoms with Crippen molar-refractivity contribution in [2.75, 3.05) is 31.3 Å². The molecule has 2 aromatic heterocycles. The van der Waals surface area contributed by atoms with Gasteiger partial charge in [0.1, 0.15) is 24.6 Å². The van der Waals surface area contributed by atoms with Gasteiger partial charge in [0.25, 0.3) is 0 Å². The Bertz CT molecular complexity index is 1390. The Balaban J connectivity index is 1.54. The summed E-state index contributed by atoms with van der Waals surface area (Å²) in [5.74, 6) is -2.02. The van der Waals surface area contributed by atoms with Crippen molar-refractivity contribution in [3.63, 3.8) is 0 Å². The van der Waals surface area contributed by atoms with E-state index in [1.165, 1.54) is 6.33 Å². The van der Waals surface area contributed by atoms with E-state index in [9.17, 15) is 4.79 Å². The first-order valence-corrected chi connectivity index (χ1v) is 15.4. The standard InChI is InChI=1S/C25H35FN7O5PS/c1-15(2)36-23(34)17(4)31-39(40,38-18-10-8-7-9-11-18)35-13-25(26)12-16(3)22(37-25)33-14-28-19-20(32(5)6)29-24(27)30-21(19)33/h7-11,14-17,22H,12-13H2,1-6H3,(H,31,40)(H2,27,29,30)/t16-,17+,22+,25-,39-/m0/s1. The fourth-order valence-electron chi connectivity index (χ4n) is 4.32. The van der Waals surface area contributed by atoms with Crippen molar-refractivity contribution in [1.82, 2.24) is 24.6 Å². The number of alkyl halides is 1. The summed E-state index contributed by atoms with van der Waals surface area (Å²) in [5, 5.41) is 2.92. The van der Waals surface area contributed by atoms with Gasteiger partial charge < -0.3 is 29.2 Å². The Kier molecular flexibility index (Phi) is 8.96. The number of carbonyl (C=O) groups is 1. The van der Waals surface area contributed by atoms with E-state index in [1.807, 2.05) is 27.1 Å². The zero-order valence-electron chi connectivity index (χ0n) is 23.3. The summed E-state index contributed by atoms with van der Waals surface area (Å²) in [6.45, 7) is 2.93. The molecular formula is C25H35FN7O5PS. The molecule has 15 heteroatoms. The highest BCUT2D eigenvalue weighted by atomic mass is 32.5. The van der Waals surface area contributed by atoms with Gasteiger partial charge in [-0.05, 0) is 44.7 Å². The van der Waals surface area contributed by atoms with Crippen molar-refractivity contribution in [3.05, 3.63) is 36.7 Å². The van der Waals surface area contributed by atoms with Crippen molar-refractivity contribution < 1.29 is 27.7 Å². The Morgan fingerprint density at radius 2 is 2.02 bits per heavy atom. The summed E-state index contributed by atoms with van der Waals surface area (Å²) in [7, 11) is 3.63. The van der Waals surface area contributed by atoms with Crippen molar-refractivity contribution in [2.24, 2.45) is 5.92 Å². The summed E-state index contributed by atoms with van der Waals surface area (Å²) in [4.78, 5) is 27.3. The number of halogens is 1. The number of benzene rings is 1. The number of carbonyl (C=O) groups excluding carboxylic acids is 1. The first-order chi connectivity index (χ1) is 18.8. The summed E-state index contributed by atoms with van der Waals surface area (Å²) in [6, 6.07) is 7.87. The van der Waals surface area contributed by atoms with Crippen LogP contribution >= 0.6 is 6.64 Å². The first-order valence-electron chi connectivity index (χ1n) is 12.8. The number of anilines is 2. The highest BCUT2D eigenvalue weighted by Crippen LogP contribution is 2.49. The molecule has 0 saturated carbocycles. The Hall–Kier alpha value is -2.90. The zero-order valence-corrected chi connectivity index (χ0v) is 25.0. The molecule has 12 nitrogen and oxygen atoms in total. The van der Waals surface area contributed by atoms with E-state index >= 15 is 4.39 Å². The minimum absolute atomic E-state index is 0.00403. The third-order valence-corrected chi connectivity index (χ3v) is 8.52. The molecule has 1 aliphatic heterocycles. The number of hydrogen-bond donors (Lipinski definition) is 2. The van der Waals surface area contributed by atoms with E-state index in [1.54, 1.807) is 54.5 Å². The molecule has 0 aliphatic carbocycles. The Labute approximate surface area is 237 Å². The lowest BCUT2D eigenvalue weighted by molar-refractivity contribution is -0.172. The second kappa shape index (κ2) is 11.9. The average molecular weight is 596 g/mol. The number of hydrogen-bond acceptors (Lipinski definition) is 11. The maximum absolute atomic E-state index is 16.2. The van der Waals surface area contributed by atoms with Gasteiger partial charge >= 0.3 is 12.6 Å². The first kappa shape index (κ1) is 30.1. The number of nitrogens with zero attached hydrogens (tertiary/aromatic N) is 5. The van der Waals surface area contributed by atoms with Gasteiger partial charge in [0.2, 0.25) is 11.8 Å². The van der Waals surface area contributed by atoms with E-state index in [-0.39, 0.29) is 24.4 Å². The highest BCUT2D eigenvalue weighted by molar-refractivity contribution is 8.09. The van der Waals surface area contributed by atoms with E-state index in [0.29, 0.717) is 22.7 Å². The highest BCUT2D eigenvalue weighted by Gasteiger charge is 2.48. The molecule has 218 valence electrons. The van der Waals surface area contributed by atoms with Crippen LogP contribution < -0.4 is 20.2 Å². The summed E-state index contributed by atoms with van der Waals surface area (Å²) in [6.07, 6.45) is 0.471. The second-order valence-electron chi connectivity index (χ2n) is 10.2. The number of nitrogens with two attached hydrogens (primary N) is 1. The molecule has 0 spiro atoms. The third kappa shape index (κ3) is 6.87. The average Bonchev–Trinajstić information content (AvgIpc) is 3.42. The number of nitrogen functional groups attached to an aromatic ring is 1. The monoisotopic (exact) mass is 595 g/mol. The number of rotatable bonds is 11. The number of aromatic nitrogens is 4. The van der Waals surface area contributed by atoms with Crippen molar-refractivity contribution in [1.29, 1.82) is 0 Å². The molecule has 0 amide bonds. The lowest BCUT2D eigenvalue weighted by Crippen LogP contribution is -2.37. The van der Waals surface area contributed by atoms with Crippen LogP contribution in [0.4, 0.5) is 16.2 Å². The lowest BCUT2D eigenvalue weighted by atomic mass is 10.1. The predicted molar refractivity (Wildman–Crippen MR) is 153 cm³/mol. The van der Waals surface area contributed by atoms with Crippen LogP contribution in [0.1, 0.15) is 40.3 Å². The van der Waals surface area contributed by atoms with E-state index in [0.717, 1.165) is 0 Å². The van der Waals surface area contributed by atoms with E-state index in [2.05, 4.69) is 20.0 Å². The molecule has 40 heavy (non-hydrogen) atoms. The molecule has 3 N–H and O–H groups in total. The van der Waals surface area contributed by atoms with Crippen LogP contribution in [0.15, 0.2) is 36.7 Å². The number of fused-ring (bicyclic) bond motifs is 1. The minimum Gasteiger partial charge on any atom is -0.462 e. The SMILES string of the molecule is CC(C)OC(=O)[C@@H](C)N[P@](=S)(OC[C@]1(F)C[C@H](C)[C@H](n2cnc3c(N(C)C)nc(N)nc32)O1)Oc1ccccc1. The van der Waals surface area contributed by atoms with Crippen LogP contribution in [0.25, 0.3) is 11.2 Å². The number of esters is 1. The number of imidazole rings is 1. The minimum atomic E-state index is -3.45. The topological polar surface area (TPSA) is 139 Å².